The zero-order valence-corrected chi connectivity index (χ0v) is 21.5. The Morgan fingerprint density at radius 2 is 1.41 bits per heavy atom. The van der Waals surface area contributed by atoms with Crippen LogP contribution in [0.1, 0.15) is 62.8 Å². The summed E-state index contributed by atoms with van der Waals surface area (Å²) < 4.78 is 3.45. The van der Waals surface area contributed by atoms with E-state index in [9.17, 15) is 0 Å². The van der Waals surface area contributed by atoms with Gasteiger partial charge in [-0.25, -0.2) is 4.98 Å². The van der Waals surface area contributed by atoms with Gasteiger partial charge in [-0.3, -0.25) is 4.57 Å². The number of imidazole rings is 1. The minimum absolute atomic E-state index is 0.158. The van der Waals surface area contributed by atoms with Crippen molar-refractivity contribution in [3.8, 4) is 17.1 Å². The number of hydrogen-bond donors (Lipinski definition) is 0. The molecule has 0 saturated heterocycles. The first-order valence-electron chi connectivity index (χ1n) is 11.5. The number of para-hydroxylation sites is 1. The molecule has 32 heavy (non-hydrogen) atoms. The molecule has 2 nitrogen and oxygen atoms in total. The fraction of sp³-hybridized carbons (Fsp3) is 0.345. The lowest BCUT2D eigenvalue weighted by molar-refractivity contribution is 0.332. The largest absolute Gasteiger partial charge is 0.292 e. The van der Waals surface area contributed by atoms with E-state index in [2.05, 4.69) is 117 Å². The van der Waals surface area contributed by atoms with Crippen LogP contribution in [0.5, 0.6) is 0 Å². The van der Waals surface area contributed by atoms with Gasteiger partial charge in [-0.2, -0.15) is 0 Å². The van der Waals surface area contributed by atoms with Crippen molar-refractivity contribution < 1.29 is 0 Å². The second-order valence-electron chi connectivity index (χ2n) is 10.7. The van der Waals surface area contributed by atoms with Crippen molar-refractivity contribution >= 4 is 27.0 Å². The molecule has 0 amide bonds. The molecule has 0 radical (unpaired) electrons. The van der Waals surface area contributed by atoms with Crippen LogP contribution in [0.15, 0.2) is 59.1 Å². The predicted octanol–water partition coefficient (Wildman–Crippen LogP) is 8.42. The molecule has 1 aliphatic carbocycles. The molecule has 0 unspecified atom stereocenters. The van der Waals surface area contributed by atoms with Crippen molar-refractivity contribution in [3.05, 3.63) is 81.3 Å². The van der Waals surface area contributed by atoms with E-state index in [-0.39, 0.29) is 10.8 Å². The first-order valence-corrected chi connectivity index (χ1v) is 12.3. The lowest BCUT2D eigenvalue weighted by Gasteiger charge is -2.41. The number of hydrogen-bond acceptors (Lipinski definition) is 1. The van der Waals surface area contributed by atoms with Crippen LogP contribution in [-0.4, -0.2) is 9.55 Å². The van der Waals surface area contributed by atoms with Gasteiger partial charge in [-0.1, -0.05) is 74.0 Å². The first-order chi connectivity index (χ1) is 15.1. The Morgan fingerprint density at radius 1 is 0.812 bits per heavy atom. The molecule has 0 N–H and O–H groups in total. The molecule has 0 atom stereocenters. The van der Waals surface area contributed by atoms with Gasteiger partial charge in [0.2, 0.25) is 0 Å². The van der Waals surface area contributed by atoms with Crippen LogP contribution >= 0.6 is 15.9 Å². The van der Waals surface area contributed by atoms with Crippen LogP contribution in [-0.2, 0) is 10.8 Å². The zero-order valence-electron chi connectivity index (χ0n) is 19.9. The molecule has 1 aromatic heterocycles. The molecule has 1 heterocycles. The highest BCUT2D eigenvalue weighted by Crippen LogP contribution is 2.47. The smallest absolute Gasteiger partial charge is 0.145 e. The summed E-state index contributed by atoms with van der Waals surface area (Å²) in [6, 6.07) is 19.8. The van der Waals surface area contributed by atoms with Crippen LogP contribution in [0.2, 0.25) is 0 Å². The van der Waals surface area contributed by atoms with Crippen LogP contribution in [0, 0.1) is 13.8 Å². The normalized spacial score (nSPS) is 16.8. The lowest BCUT2D eigenvalue weighted by Crippen LogP contribution is -2.33. The lowest BCUT2D eigenvalue weighted by atomic mass is 9.63. The molecule has 164 valence electrons. The average Bonchev–Trinajstić information content (AvgIpc) is 3.09. The molecule has 0 aliphatic heterocycles. The topological polar surface area (TPSA) is 17.8 Å². The van der Waals surface area contributed by atoms with Crippen LogP contribution in [0.25, 0.3) is 28.1 Å². The third-order valence-corrected chi connectivity index (χ3v) is 7.87. The summed E-state index contributed by atoms with van der Waals surface area (Å²) in [6.07, 6.45) is 2.41. The molecule has 3 heteroatoms. The molecule has 4 aromatic rings. The fourth-order valence-corrected chi connectivity index (χ4v) is 5.74. The SMILES string of the molecule is Cc1cccc(C)c1-n1c(-c2cccc(Br)c2)nc2cc3c(cc21)C(C)(C)CCC3(C)C. The van der Waals surface area contributed by atoms with Crippen molar-refractivity contribution in [3.63, 3.8) is 0 Å². The maximum absolute atomic E-state index is 5.25. The highest BCUT2D eigenvalue weighted by molar-refractivity contribution is 9.10. The second kappa shape index (κ2) is 7.31. The average molecular weight is 487 g/mol. The summed E-state index contributed by atoms with van der Waals surface area (Å²) in [4.78, 5) is 5.25. The maximum atomic E-state index is 5.25. The Balaban J connectivity index is 1.92. The Kier molecular flexibility index (Phi) is 4.90. The van der Waals surface area contributed by atoms with Crippen LogP contribution < -0.4 is 0 Å². The van der Waals surface area contributed by atoms with E-state index in [1.807, 2.05) is 0 Å². The minimum atomic E-state index is 0.158. The van der Waals surface area contributed by atoms with Gasteiger partial charge in [-0.05, 0) is 84.0 Å². The molecular weight excluding hydrogens is 456 g/mol. The highest BCUT2D eigenvalue weighted by Gasteiger charge is 2.38. The third-order valence-electron chi connectivity index (χ3n) is 7.37. The number of fused-ring (bicyclic) bond motifs is 2. The number of halogens is 1. The summed E-state index contributed by atoms with van der Waals surface area (Å²) in [5, 5.41) is 0. The summed E-state index contributed by atoms with van der Waals surface area (Å²) >= 11 is 3.66. The van der Waals surface area contributed by atoms with E-state index in [1.54, 1.807) is 0 Å². The van der Waals surface area contributed by atoms with Crippen molar-refractivity contribution in [1.82, 2.24) is 9.55 Å². The summed E-state index contributed by atoms with van der Waals surface area (Å²) in [5.74, 6) is 0.997. The Bertz CT molecular complexity index is 1340. The molecule has 0 saturated carbocycles. The van der Waals surface area contributed by atoms with Crippen LogP contribution in [0.4, 0.5) is 0 Å². The second-order valence-corrected chi connectivity index (χ2v) is 11.6. The van der Waals surface area contributed by atoms with Crippen molar-refractivity contribution in [2.24, 2.45) is 0 Å². The van der Waals surface area contributed by atoms with E-state index in [0.717, 1.165) is 21.4 Å². The molecule has 0 bridgehead atoms. The monoisotopic (exact) mass is 486 g/mol. The van der Waals surface area contributed by atoms with Gasteiger partial charge in [0.1, 0.15) is 5.82 Å². The number of rotatable bonds is 2. The molecule has 1 aliphatic rings. The van der Waals surface area contributed by atoms with E-state index in [1.165, 1.54) is 46.3 Å². The van der Waals surface area contributed by atoms with Crippen molar-refractivity contribution in [2.45, 2.75) is 65.2 Å². The summed E-state index contributed by atoms with van der Waals surface area (Å²) in [5.41, 5.74) is 10.4. The predicted molar refractivity (Wildman–Crippen MR) is 139 cm³/mol. The van der Waals surface area contributed by atoms with Gasteiger partial charge in [-0.15, -0.1) is 0 Å². The maximum Gasteiger partial charge on any atom is 0.145 e. The number of aryl methyl sites for hydroxylation is 2. The molecular formula is C29H31BrN2. The number of benzene rings is 3. The van der Waals surface area contributed by atoms with Crippen LogP contribution in [0.3, 0.4) is 0 Å². The zero-order chi connectivity index (χ0) is 22.8. The Morgan fingerprint density at radius 3 is 2.03 bits per heavy atom. The van der Waals surface area contributed by atoms with Crippen molar-refractivity contribution in [1.29, 1.82) is 0 Å². The summed E-state index contributed by atoms with van der Waals surface area (Å²) in [6.45, 7) is 13.9. The van der Waals surface area contributed by atoms with Gasteiger partial charge in [0, 0.05) is 10.0 Å². The third kappa shape index (κ3) is 3.33. The number of aromatic nitrogens is 2. The Labute approximate surface area is 199 Å². The van der Waals surface area contributed by atoms with Gasteiger partial charge >= 0.3 is 0 Å². The van der Waals surface area contributed by atoms with E-state index >= 15 is 0 Å². The molecule has 3 aromatic carbocycles. The van der Waals surface area contributed by atoms with E-state index in [4.69, 9.17) is 4.98 Å². The van der Waals surface area contributed by atoms with E-state index in [0.29, 0.717) is 0 Å². The van der Waals surface area contributed by atoms with Crippen molar-refractivity contribution in [2.75, 3.05) is 0 Å². The molecule has 5 rings (SSSR count). The van der Waals surface area contributed by atoms with Gasteiger partial charge in [0.05, 0.1) is 16.7 Å². The highest BCUT2D eigenvalue weighted by atomic mass is 79.9. The Hall–Kier alpha value is -2.39. The van der Waals surface area contributed by atoms with E-state index < -0.39 is 0 Å². The fourth-order valence-electron chi connectivity index (χ4n) is 5.34. The summed E-state index contributed by atoms with van der Waals surface area (Å²) in [7, 11) is 0. The quantitative estimate of drug-likeness (QED) is 0.278. The molecule has 0 spiro atoms. The number of nitrogens with zero attached hydrogens (tertiary/aromatic N) is 2. The van der Waals surface area contributed by atoms with Gasteiger partial charge in [0.15, 0.2) is 0 Å². The molecule has 0 fully saturated rings. The van der Waals surface area contributed by atoms with Gasteiger partial charge in [0.25, 0.3) is 0 Å². The standard InChI is InChI=1S/C29H31BrN2/c1-18-9-7-10-19(2)26(18)32-25-17-23-22(28(3,4)13-14-29(23,5)6)16-24(25)31-27(32)20-11-8-12-21(30)15-20/h7-12,15-17H,13-14H2,1-6H3. The van der Waals surface area contributed by atoms with Gasteiger partial charge < -0.3 is 0 Å². The first kappa shape index (κ1) is 21.5. The minimum Gasteiger partial charge on any atom is -0.292 e.